The van der Waals surface area contributed by atoms with Gasteiger partial charge in [-0.25, -0.2) is 9.97 Å². The Morgan fingerprint density at radius 2 is 1.03 bits per heavy atom. The number of hydrogen-bond donors (Lipinski definition) is 4. The Morgan fingerprint density at radius 1 is 0.575 bits per heavy atom. The zero-order valence-electron chi connectivity index (χ0n) is 48.9. The number of fused-ring (bicyclic) bond motifs is 2. The largest absolute Gasteiger partial charge is 0.495 e. The molecule has 0 spiro atoms. The Bertz CT molecular complexity index is 4230. The summed E-state index contributed by atoms with van der Waals surface area (Å²) in [5.74, 6) is 2.67. The first-order valence-corrected chi connectivity index (χ1v) is 34.4. The van der Waals surface area contributed by atoms with E-state index in [1.54, 1.807) is 87.4 Å². The zero-order chi connectivity index (χ0) is 61.6. The summed E-state index contributed by atoms with van der Waals surface area (Å²) < 4.78 is 53.3. The summed E-state index contributed by atoms with van der Waals surface area (Å²) in [4.78, 5) is 39.4. The maximum atomic E-state index is 13.4. The Morgan fingerprint density at radius 3 is 1.51 bits per heavy atom. The molecule has 0 atom stereocenters. The molecule has 0 unspecified atom stereocenters. The summed E-state index contributed by atoms with van der Waals surface area (Å²) in [7, 11) is 1.70. The number of anilines is 9. The number of nitrogens with one attached hydrogen (secondary N) is 3. The fourth-order valence-electron chi connectivity index (χ4n) is 9.97. The Kier molecular flexibility index (Phi) is 19.4. The first-order valence-electron chi connectivity index (χ1n) is 27.2. The molecule has 4 aromatic carbocycles. The van der Waals surface area contributed by atoms with Crippen molar-refractivity contribution in [3.8, 4) is 33.8 Å². The molecule has 87 heavy (non-hydrogen) atoms. The highest BCUT2D eigenvalue weighted by Gasteiger charge is 2.26. The number of aromatic nitrogens is 12. The lowest BCUT2D eigenvalue weighted by molar-refractivity contribution is 0.122. The van der Waals surface area contributed by atoms with Crippen LogP contribution in [-0.2, 0) is 32.7 Å². The Labute approximate surface area is 524 Å². The molecule has 0 saturated carbocycles. The predicted molar refractivity (Wildman–Crippen MR) is 352 cm³/mol. The van der Waals surface area contributed by atoms with Gasteiger partial charge in [-0.3, -0.25) is 29.3 Å². The second-order valence-electron chi connectivity index (χ2n) is 20.8. The van der Waals surface area contributed by atoms with Crippen molar-refractivity contribution >= 4 is 142 Å². The summed E-state index contributed by atoms with van der Waals surface area (Å²) in [6.45, 7) is 12.9. The van der Waals surface area contributed by atoms with E-state index in [1.165, 1.54) is 0 Å². The van der Waals surface area contributed by atoms with Gasteiger partial charge in [-0.15, -0.1) is 0 Å². The zero-order valence-corrected chi connectivity index (χ0v) is 54.6. The molecule has 12 rings (SSSR count). The van der Waals surface area contributed by atoms with Crippen LogP contribution in [0, 0.1) is 0 Å². The van der Waals surface area contributed by atoms with Gasteiger partial charge in [0.1, 0.15) is 48.5 Å². The molecule has 2 aliphatic rings. The monoisotopic (exact) mass is 1360 g/mol. The van der Waals surface area contributed by atoms with E-state index in [-0.39, 0.29) is 5.28 Å². The topological polar surface area (TPSA) is 278 Å². The third kappa shape index (κ3) is 14.6. The average Bonchev–Trinajstić information content (AvgIpc) is 4.32. The van der Waals surface area contributed by atoms with Crippen LogP contribution in [-0.4, -0.2) is 153 Å². The van der Waals surface area contributed by atoms with Gasteiger partial charge in [0, 0.05) is 136 Å². The smallest absolute Gasteiger partial charge is 0.229 e. The van der Waals surface area contributed by atoms with Crippen LogP contribution in [0.2, 0.25) is 5.28 Å². The first kappa shape index (κ1) is 62.2. The second-order valence-corrected chi connectivity index (χ2v) is 29.1. The molecule has 6 aromatic heterocycles. The number of morpholine rings is 2. The van der Waals surface area contributed by atoms with Crippen LogP contribution < -0.4 is 51.6 Å². The number of aryl methyl sites for hydroxylation is 2. The Balaban J connectivity index is 0.000000160. The van der Waals surface area contributed by atoms with Gasteiger partial charge < -0.3 is 59.6 Å². The predicted octanol–water partition coefficient (Wildman–Crippen LogP) is 10.5. The second kappa shape index (κ2) is 27.1. The number of ether oxygens (including phenoxy) is 4. The maximum Gasteiger partial charge on any atom is 0.229 e. The minimum atomic E-state index is -2.75. The van der Waals surface area contributed by atoms with Crippen LogP contribution in [0.5, 0.6) is 11.5 Å². The van der Waals surface area contributed by atoms with E-state index in [2.05, 4.69) is 103 Å². The van der Waals surface area contributed by atoms with Crippen molar-refractivity contribution < 1.29 is 28.1 Å². The van der Waals surface area contributed by atoms with Crippen LogP contribution in [0.25, 0.3) is 44.3 Å². The van der Waals surface area contributed by atoms with Crippen molar-refractivity contribution in [3.63, 3.8) is 0 Å². The van der Waals surface area contributed by atoms with E-state index >= 15 is 0 Å². The molecule has 0 bridgehead atoms. The van der Waals surface area contributed by atoms with Crippen molar-refractivity contribution in [2.45, 2.75) is 0 Å². The molecule has 24 nitrogen and oxygen atoms in total. The molecular weight excluding hydrogens is 1300 g/mol. The number of halogens is 3. The molecule has 2 saturated heterocycles. The number of hydrogen-bond acceptors (Lipinski definition) is 22. The molecule has 5 N–H and O–H groups in total. The molecule has 29 heteroatoms. The lowest BCUT2D eigenvalue weighted by Gasteiger charge is -2.31. The number of nitrogens with zero attached hydrogens (tertiary/aromatic N) is 14. The summed E-state index contributed by atoms with van der Waals surface area (Å²) in [6.07, 6.45) is 17.3. The van der Waals surface area contributed by atoms with Crippen molar-refractivity contribution in [3.05, 3.63) is 125 Å². The van der Waals surface area contributed by atoms with Crippen molar-refractivity contribution in [2.75, 3.05) is 125 Å². The number of nitrogen functional groups attached to an aromatic ring is 1. The quantitative estimate of drug-likeness (QED) is 0.0447. The normalized spacial score (nSPS) is 13.6. The van der Waals surface area contributed by atoms with Gasteiger partial charge in [0.25, 0.3) is 0 Å². The van der Waals surface area contributed by atoms with Crippen molar-refractivity contribution in [1.82, 2.24) is 59.4 Å². The van der Waals surface area contributed by atoms with E-state index in [9.17, 15) is 9.13 Å². The SMILES string of the molecule is COc1cc(N2CCOCC2)c(-c2cnn(C)c2)cc1N.COc1cc(N2CCOCC2)c(-c2cnn(C)c2)cc1Nc1ncc(Br)c(Nc2ccc3nccnc3c2P(C)(C)=O)n1.CP(C)(=O)c1c(Nc2nc(Cl)ncc2Br)ccc2nccnc12. The third-order valence-electron chi connectivity index (χ3n) is 13.9. The maximum absolute atomic E-state index is 13.4. The number of nitrogens with two attached hydrogens (primary N) is 1. The van der Waals surface area contributed by atoms with Crippen molar-refractivity contribution in [1.29, 1.82) is 0 Å². The lowest BCUT2D eigenvalue weighted by atomic mass is 10.0. The standard InChI is InChI=1S/C29H31BrN9O3P.C15H20N4O2.C14H12BrClN5OP/c1-38-17-18(15-34-38)19-13-23(25(41-2)14-24(19)39-9-11-42-12-10-39)36-29-33-16-20(30)28(37-29)35-22-6-5-21-26(32-8-7-31-21)27(22)43(3,4)40;1-18-10-11(9-17-18)12-7-13(16)15(20-2)8-14(12)19-3-5-21-6-4-19;1-23(2,22)12-10(4-3-9-11(12)18-6-5-17-9)20-13-8(15)7-19-14(16)21-13/h5-8,13-17H,9-12H2,1-4H3,(H2,33,35,36,37);7-10H,3-6,16H2,1-2H3;3-7H,1-2H3,(H,19,20,21). The van der Waals surface area contributed by atoms with E-state index in [0.29, 0.717) is 107 Å². The molecule has 2 aliphatic heterocycles. The molecule has 452 valence electrons. The van der Waals surface area contributed by atoms with Gasteiger partial charge in [-0.05, 0) is 107 Å². The minimum Gasteiger partial charge on any atom is -0.495 e. The van der Waals surface area contributed by atoms with Crippen LogP contribution >= 0.6 is 57.7 Å². The lowest BCUT2D eigenvalue weighted by Crippen LogP contribution is -2.36. The van der Waals surface area contributed by atoms with Crippen LogP contribution in [0.4, 0.5) is 51.7 Å². The highest BCUT2D eigenvalue weighted by molar-refractivity contribution is 9.11. The summed E-state index contributed by atoms with van der Waals surface area (Å²) in [5, 5.41) is 19.9. The first-order chi connectivity index (χ1) is 41.8. The summed E-state index contributed by atoms with van der Waals surface area (Å²) >= 11 is 12.8. The third-order valence-corrected chi connectivity index (χ3v) is 18.3. The van der Waals surface area contributed by atoms with Gasteiger partial charge in [0.15, 0.2) is 0 Å². The summed E-state index contributed by atoms with van der Waals surface area (Å²) in [5.41, 5.74) is 17.5. The van der Waals surface area contributed by atoms with Gasteiger partial charge in [0.05, 0.1) is 106 Å². The van der Waals surface area contributed by atoms with Gasteiger partial charge in [0.2, 0.25) is 11.2 Å². The molecular formula is C58H63Br2ClN18O6P2. The summed E-state index contributed by atoms with van der Waals surface area (Å²) in [6, 6.07) is 15.3. The Hall–Kier alpha value is -7.83. The molecule has 2 fully saturated rings. The van der Waals surface area contributed by atoms with Gasteiger partial charge in [-0.1, -0.05) is 0 Å². The van der Waals surface area contributed by atoms with Crippen LogP contribution in [0.1, 0.15) is 0 Å². The minimum absolute atomic E-state index is 0.119. The van der Waals surface area contributed by atoms with E-state index in [0.717, 1.165) is 73.0 Å². The van der Waals surface area contributed by atoms with Crippen LogP contribution in [0.15, 0.2) is 119 Å². The molecule has 0 radical (unpaired) electrons. The molecule has 0 aliphatic carbocycles. The average molecular weight is 1370 g/mol. The van der Waals surface area contributed by atoms with Gasteiger partial charge >= 0.3 is 0 Å². The molecule has 0 amide bonds. The molecule has 8 heterocycles. The number of benzene rings is 4. The van der Waals surface area contributed by atoms with E-state index < -0.39 is 14.3 Å². The highest BCUT2D eigenvalue weighted by atomic mass is 79.9. The van der Waals surface area contributed by atoms with Crippen molar-refractivity contribution in [2.24, 2.45) is 14.1 Å². The van der Waals surface area contributed by atoms with Gasteiger partial charge in [-0.2, -0.15) is 20.2 Å². The molecule has 10 aromatic rings. The van der Waals surface area contributed by atoms with E-state index in [4.69, 9.17) is 41.3 Å². The number of methoxy groups -OCH3 is 2. The highest BCUT2D eigenvalue weighted by Crippen LogP contribution is 2.45. The van der Waals surface area contributed by atoms with E-state index in [1.807, 2.05) is 87.4 Å². The fraction of sp³-hybridized carbons (Fsp3) is 0.276. The fourth-order valence-corrected chi connectivity index (χ4v) is 13.5. The number of rotatable bonds is 14. The van der Waals surface area contributed by atoms with Crippen LogP contribution in [0.3, 0.4) is 0 Å².